The molecule has 3 rings (SSSR count). The molecule has 152 valence electrons. The maximum absolute atomic E-state index is 13.1. The molecule has 0 aliphatic heterocycles. The summed E-state index contributed by atoms with van der Waals surface area (Å²) < 4.78 is 41.3. The van der Waals surface area contributed by atoms with Crippen molar-refractivity contribution in [1.29, 1.82) is 0 Å². The Hall–Kier alpha value is -3.29. The van der Waals surface area contributed by atoms with Gasteiger partial charge in [0.25, 0.3) is 0 Å². The lowest BCUT2D eigenvalue weighted by molar-refractivity contribution is -0.138. The highest BCUT2D eigenvalue weighted by Crippen LogP contribution is 2.32. The van der Waals surface area contributed by atoms with Gasteiger partial charge in [0.1, 0.15) is 0 Å². The lowest BCUT2D eigenvalue weighted by atomic mass is 10.1. The molecule has 2 amide bonds. The molecule has 1 heterocycles. The summed E-state index contributed by atoms with van der Waals surface area (Å²) in [6, 6.07) is 12.1. The van der Waals surface area contributed by atoms with E-state index in [-0.39, 0.29) is 18.2 Å². The number of aromatic nitrogens is 2. The second-order valence-corrected chi connectivity index (χ2v) is 6.74. The van der Waals surface area contributed by atoms with Crippen molar-refractivity contribution in [2.24, 2.45) is 0 Å². The molecule has 0 saturated carbocycles. The molecule has 0 aliphatic rings. The van der Waals surface area contributed by atoms with Crippen molar-refractivity contribution < 1.29 is 18.0 Å². The number of halogens is 3. The fourth-order valence-corrected chi connectivity index (χ4v) is 2.99. The van der Waals surface area contributed by atoms with E-state index in [4.69, 9.17) is 0 Å². The molecular formula is C21H21F3N4O. The summed E-state index contributed by atoms with van der Waals surface area (Å²) in [6.07, 6.45) is 0.740. The van der Waals surface area contributed by atoms with Crippen molar-refractivity contribution >= 4 is 6.03 Å². The Morgan fingerprint density at radius 2 is 1.86 bits per heavy atom. The van der Waals surface area contributed by atoms with Crippen LogP contribution in [0.3, 0.4) is 0 Å². The Morgan fingerprint density at radius 3 is 2.48 bits per heavy atom. The minimum Gasteiger partial charge on any atom is -0.331 e. The van der Waals surface area contributed by atoms with Crippen LogP contribution in [0.25, 0.3) is 5.69 Å². The van der Waals surface area contributed by atoms with E-state index in [2.05, 4.69) is 10.3 Å². The summed E-state index contributed by atoms with van der Waals surface area (Å²) in [7, 11) is 1.47. The minimum atomic E-state index is -4.46. The third-order valence-corrected chi connectivity index (χ3v) is 4.61. The number of nitrogens with one attached hydrogen (secondary N) is 1. The standard InChI is InChI=1S/C21H21F3N4O/c1-15(16-7-9-18(10-8-16)28-12-11-25-14-28)26-20(29)27(2)13-17-5-3-4-6-19(17)21(22,23)24/h3-12,14-15H,13H2,1-2H3,(H,26,29)/t15-/m1/s1. The molecule has 0 fully saturated rings. The van der Waals surface area contributed by atoms with Gasteiger partial charge in [-0.1, -0.05) is 30.3 Å². The smallest absolute Gasteiger partial charge is 0.331 e. The first-order valence-electron chi connectivity index (χ1n) is 9.00. The van der Waals surface area contributed by atoms with E-state index in [9.17, 15) is 18.0 Å². The normalized spacial score (nSPS) is 12.4. The summed E-state index contributed by atoms with van der Waals surface area (Å²) >= 11 is 0. The number of rotatable bonds is 5. The van der Waals surface area contributed by atoms with E-state index >= 15 is 0 Å². The first kappa shape index (κ1) is 20.4. The van der Waals surface area contributed by atoms with Crippen LogP contribution in [-0.4, -0.2) is 27.5 Å². The highest BCUT2D eigenvalue weighted by Gasteiger charge is 2.33. The lowest BCUT2D eigenvalue weighted by Gasteiger charge is -2.23. The zero-order valence-electron chi connectivity index (χ0n) is 16.0. The van der Waals surface area contributed by atoms with E-state index in [1.165, 1.54) is 30.1 Å². The number of carbonyl (C=O) groups is 1. The van der Waals surface area contributed by atoms with Crippen molar-refractivity contribution in [3.63, 3.8) is 0 Å². The maximum atomic E-state index is 13.1. The third kappa shape index (κ3) is 4.96. The zero-order valence-corrected chi connectivity index (χ0v) is 16.0. The predicted molar refractivity (Wildman–Crippen MR) is 103 cm³/mol. The summed E-state index contributed by atoms with van der Waals surface area (Å²) in [6.45, 7) is 1.68. The molecule has 0 aliphatic carbocycles. The maximum Gasteiger partial charge on any atom is 0.416 e. The highest BCUT2D eigenvalue weighted by atomic mass is 19.4. The van der Waals surface area contributed by atoms with E-state index in [0.29, 0.717) is 0 Å². The Bertz CT molecular complexity index is 953. The van der Waals surface area contributed by atoms with Crippen molar-refractivity contribution in [3.8, 4) is 5.69 Å². The summed E-state index contributed by atoms with van der Waals surface area (Å²) in [5, 5.41) is 2.82. The van der Waals surface area contributed by atoms with Gasteiger partial charge in [-0.2, -0.15) is 13.2 Å². The monoisotopic (exact) mass is 402 g/mol. The zero-order chi connectivity index (χ0) is 21.0. The molecule has 0 saturated heterocycles. The summed E-state index contributed by atoms with van der Waals surface area (Å²) in [5.74, 6) is 0. The number of hydrogen-bond donors (Lipinski definition) is 1. The molecule has 5 nitrogen and oxygen atoms in total. The van der Waals surface area contributed by atoms with Gasteiger partial charge in [0.05, 0.1) is 17.9 Å². The van der Waals surface area contributed by atoms with Crippen LogP contribution in [0.2, 0.25) is 0 Å². The summed E-state index contributed by atoms with van der Waals surface area (Å²) in [5.41, 5.74) is 1.13. The van der Waals surface area contributed by atoms with E-state index in [1.54, 1.807) is 12.5 Å². The lowest BCUT2D eigenvalue weighted by Crippen LogP contribution is -2.38. The third-order valence-electron chi connectivity index (χ3n) is 4.61. The van der Waals surface area contributed by atoms with Gasteiger partial charge in [-0.05, 0) is 36.2 Å². The Kier molecular flexibility index (Phi) is 5.91. The average molecular weight is 402 g/mol. The topological polar surface area (TPSA) is 50.2 Å². The van der Waals surface area contributed by atoms with Crippen LogP contribution in [0.15, 0.2) is 67.3 Å². The number of carbonyl (C=O) groups excluding carboxylic acids is 1. The first-order chi connectivity index (χ1) is 13.8. The van der Waals surface area contributed by atoms with E-state index in [0.717, 1.165) is 17.3 Å². The van der Waals surface area contributed by atoms with Crippen molar-refractivity contribution in [1.82, 2.24) is 19.8 Å². The second-order valence-electron chi connectivity index (χ2n) is 6.74. The number of imidazole rings is 1. The average Bonchev–Trinajstić information content (AvgIpc) is 3.22. The largest absolute Gasteiger partial charge is 0.416 e. The Labute approximate surface area is 166 Å². The highest BCUT2D eigenvalue weighted by molar-refractivity contribution is 5.74. The van der Waals surface area contributed by atoms with Gasteiger partial charge in [-0.15, -0.1) is 0 Å². The number of amides is 2. The molecule has 0 radical (unpaired) electrons. The molecule has 0 unspecified atom stereocenters. The van der Waals surface area contributed by atoms with Crippen LogP contribution in [0, 0.1) is 0 Å². The van der Waals surface area contributed by atoms with Crippen molar-refractivity contribution in [2.45, 2.75) is 25.7 Å². The van der Waals surface area contributed by atoms with Gasteiger partial charge in [0.15, 0.2) is 0 Å². The van der Waals surface area contributed by atoms with E-state index < -0.39 is 17.8 Å². The molecule has 8 heteroatoms. The second kappa shape index (κ2) is 8.38. The molecule has 2 aromatic carbocycles. The molecule has 29 heavy (non-hydrogen) atoms. The van der Waals surface area contributed by atoms with Crippen molar-refractivity contribution in [3.05, 3.63) is 83.9 Å². The number of alkyl halides is 3. The van der Waals surface area contributed by atoms with Gasteiger partial charge < -0.3 is 14.8 Å². The molecule has 1 aromatic heterocycles. The van der Waals surface area contributed by atoms with E-state index in [1.807, 2.05) is 42.0 Å². The molecule has 0 spiro atoms. The first-order valence-corrected chi connectivity index (χ1v) is 9.00. The van der Waals surface area contributed by atoms with Gasteiger partial charge >= 0.3 is 12.2 Å². The molecule has 3 aromatic rings. The van der Waals surface area contributed by atoms with Crippen LogP contribution in [-0.2, 0) is 12.7 Å². The summed E-state index contributed by atoms with van der Waals surface area (Å²) in [4.78, 5) is 17.7. The van der Waals surface area contributed by atoms with Crippen LogP contribution >= 0.6 is 0 Å². The molecular weight excluding hydrogens is 381 g/mol. The van der Waals surface area contributed by atoms with Gasteiger partial charge in [0.2, 0.25) is 0 Å². The molecule has 0 bridgehead atoms. The number of urea groups is 1. The fraction of sp³-hybridized carbons (Fsp3) is 0.238. The van der Waals surface area contributed by atoms with Crippen LogP contribution < -0.4 is 5.32 Å². The SMILES string of the molecule is C[C@@H](NC(=O)N(C)Cc1ccccc1C(F)(F)F)c1ccc(-n2ccnc2)cc1. The van der Waals surface area contributed by atoms with Gasteiger partial charge in [-0.3, -0.25) is 0 Å². The van der Waals surface area contributed by atoms with Crippen LogP contribution in [0.1, 0.15) is 29.7 Å². The number of benzene rings is 2. The van der Waals surface area contributed by atoms with Gasteiger partial charge in [0, 0.05) is 31.7 Å². The Balaban J connectivity index is 1.64. The number of nitrogens with zero attached hydrogens (tertiary/aromatic N) is 3. The quantitative estimate of drug-likeness (QED) is 0.667. The van der Waals surface area contributed by atoms with Crippen molar-refractivity contribution in [2.75, 3.05) is 7.05 Å². The molecule has 1 atom stereocenters. The van der Waals surface area contributed by atoms with Gasteiger partial charge in [-0.25, -0.2) is 9.78 Å². The Morgan fingerprint density at radius 1 is 1.17 bits per heavy atom. The van der Waals surface area contributed by atoms with Crippen LogP contribution in [0.5, 0.6) is 0 Å². The number of hydrogen-bond acceptors (Lipinski definition) is 2. The molecule has 1 N–H and O–H groups in total. The fourth-order valence-electron chi connectivity index (χ4n) is 2.99. The predicted octanol–water partition coefficient (Wildman–Crippen LogP) is 4.79. The minimum absolute atomic E-state index is 0.0509. The van der Waals surface area contributed by atoms with Crippen LogP contribution in [0.4, 0.5) is 18.0 Å².